The summed E-state index contributed by atoms with van der Waals surface area (Å²) >= 11 is 0. The number of aromatic nitrogens is 2. The van der Waals surface area contributed by atoms with Crippen molar-refractivity contribution < 1.29 is 23.6 Å². The number of carboxylic acid groups (broad SMARTS) is 1. The fourth-order valence-electron chi connectivity index (χ4n) is 2.64. The number of furan rings is 1. The normalized spacial score (nSPS) is 18.1. The number of amides is 1. The van der Waals surface area contributed by atoms with E-state index >= 15 is 0 Å². The van der Waals surface area contributed by atoms with Crippen LogP contribution >= 0.6 is 0 Å². The molecule has 1 fully saturated rings. The maximum atomic E-state index is 12.2. The first kappa shape index (κ1) is 15.3. The van der Waals surface area contributed by atoms with Gasteiger partial charge in [-0.2, -0.15) is 4.98 Å². The van der Waals surface area contributed by atoms with Crippen molar-refractivity contribution in [2.45, 2.75) is 25.7 Å². The molecule has 2 aromatic heterocycles. The van der Waals surface area contributed by atoms with Gasteiger partial charge in [-0.05, 0) is 18.9 Å². The van der Waals surface area contributed by atoms with Crippen LogP contribution in [-0.4, -0.2) is 45.1 Å². The highest BCUT2D eigenvalue weighted by atomic mass is 16.5. The molecule has 8 heteroatoms. The number of aryl methyl sites for hydroxylation is 1. The Bertz CT molecular complexity index is 679. The molecule has 122 valence electrons. The van der Waals surface area contributed by atoms with Crippen molar-refractivity contribution in [2.24, 2.45) is 5.92 Å². The lowest BCUT2D eigenvalue weighted by Gasteiger charge is -2.30. The Morgan fingerprint density at radius 3 is 3.04 bits per heavy atom. The minimum atomic E-state index is -0.843. The summed E-state index contributed by atoms with van der Waals surface area (Å²) in [6.45, 7) is 0.880. The van der Waals surface area contributed by atoms with E-state index in [2.05, 4.69) is 10.1 Å². The van der Waals surface area contributed by atoms with E-state index < -0.39 is 11.9 Å². The smallest absolute Gasteiger partial charge is 0.308 e. The lowest BCUT2D eigenvalue weighted by atomic mass is 9.98. The van der Waals surface area contributed by atoms with Crippen LogP contribution in [-0.2, 0) is 16.0 Å². The zero-order valence-corrected chi connectivity index (χ0v) is 12.5. The molecule has 0 unspecified atom stereocenters. The topological polar surface area (TPSA) is 110 Å². The quantitative estimate of drug-likeness (QED) is 0.891. The van der Waals surface area contributed by atoms with E-state index in [9.17, 15) is 9.59 Å². The first-order valence-corrected chi connectivity index (χ1v) is 7.49. The molecule has 1 N–H and O–H groups in total. The van der Waals surface area contributed by atoms with Crippen molar-refractivity contribution in [3.63, 3.8) is 0 Å². The second-order valence-corrected chi connectivity index (χ2v) is 5.54. The van der Waals surface area contributed by atoms with Crippen LogP contribution in [0.15, 0.2) is 27.5 Å². The third-order valence-corrected chi connectivity index (χ3v) is 3.92. The first-order chi connectivity index (χ1) is 11.1. The van der Waals surface area contributed by atoms with Gasteiger partial charge in [-0.15, -0.1) is 0 Å². The number of hydrogen-bond acceptors (Lipinski definition) is 6. The van der Waals surface area contributed by atoms with Crippen LogP contribution < -0.4 is 0 Å². The maximum absolute atomic E-state index is 12.2. The van der Waals surface area contributed by atoms with Gasteiger partial charge in [-0.3, -0.25) is 9.59 Å². The SMILES string of the molecule is O=C(O)[C@H]1CCCN(C(=O)CCc2nc(-c3ccoc3)no2)C1. The van der Waals surface area contributed by atoms with E-state index in [1.54, 1.807) is 11.0 Å². The number of rotatable bonds is 5. The van der Waals surface area contributed by atoms with E-state index in [-0.39, 0.29) is 18.9 Å². The van der Waals surface area contributed by atoms with Crippen LogP contribution in [0.3, 0.4) is 0 Å². The summed E-state index contributed by atoms with van der Waals surface area (Å²) in [5, 5.41) is 12.9. The molecule has 0 saturated carbocycles. The zero-order chi connectivity index (χ0) is 16.2. The number of piperidine rings is 1. The number of aliphatic carboxylic acids is 1. The molecule has 1 amide bonds. The summed E-state index contributed by atoms with van der Waals surface area (Å²) in [6, 6.07) is 1.72. The molecule has 0 spiro atoms. The number of carbonyl (C=O) groups is 2. The van der Waals surface area contributed by atoms with Gasteiger partial charge in [0.2, 0.25) is 17.6 Å². The molecule has 0 bridgehead atoms. The second kappa shape index (κ2) is 6.64. The van der Waals surface area contributed by atoms with Crippen molar-refractivity contribution in [3.8, 4) is 11.4 Å². The lowest BCUT2D eigenvalue weighted by molar-refractivity contribution is -0.145. The fourth-order valence-corrected chi connectivity index (χ4v) is 2.64. The van der Waals surface area contributed by atoms with Crippen molar-refractivity contribution in [1.29, 1.82) is 0 Å². The molecule has 1 aliphatic heterocycles. The van der Waals surface area contributed by atoms with Crippen molar-refractivity contribution in [3.05, 3.63) is 24.5 Å². The van der Waals surface area contributed by atoms with Crippen molar-refractivity contribution in [2.75, 3.05) is 13.1 Å². The minimum absolute atomic E-state index is 0.0842. The summed E-state index contributed by atoms with van der Waals surface area (Å²) in [4.78, 5) is 29.1. The molecule has 23 heavy (non-hydrogen) atoms. The summed E-state index contributed by atoms with van der Waals surface area (Å²) in [5.41, 5.74) is 0.714. The molecule has 0 aliphatic carbocycles. The number of nitrogens with zero attached hydrogens (tertiary/aromatic N) is 3. The Morgan fingerprint density at radius 2 is 2.30 bits per heavy atom. The van der Waals surface area contributed by atoms with Gasteiger partial charge in [0.05, 0.1) is 17.7 Å². The second-order valence-electron chi connectivity index (χ2n) is 5.54. The molecule has 0 radical (unpaired) electrons. The molecule has 1 saturated heterocycles. The Labute approximate surface area is 132 Å². The van der Waals surface area contributed by atoms with Crippen LogP contribution in [0.2, 0.25) is 0 Å². The number of hydrogen-bond donors (Lipinski definition) is 1. The zero-order valence-electron chi connectivity index (χ0n) is 12.5. The molecular weight excluding hydrogens is 302 g/mol. The highest BCUT2D eigenvalue weighted by Gasteiger charge is 2.28. The molecular formula is C15H17N3O5. The molecule has 8 nitrogen and oxygen atoms in total. The molecule has 0 aromatic carbocycles. The summed E-state index contributed by atoms with van der Waals surface area (Å²) < 4.78 is 10.1. The average molecular weight is 319 g/mol. The van der Waals surface area contributed by atoms with Gasteiger partial charge in [-0.1, -0.05) is 5.16 Å². The Kier molecular flexibility index (Phi) is 4.40. The lowest BCUT2D eigenvalue weighted by Crippen LogP contribution is -2.42. The van der Waals surface area contributed by atoms with E-state index in [1.165, 1.54) is 12.5 Å². The molecule has 3 rings (SSSR count). The van der Waals surface area contributed by atoms with Gasteiger partial charge >= 0.3 is 5.97 Å². The predicted octanol–water partition coefficient (Wildman–Crippen LogP) is 1.59. The first-order valence-electron chi connectivity index (χ1n) is 7.49. The van der Waals surface area contributed by atoms with E-state index in [4.69, 9.17) is 14.0 Å². The fraction of sp³-hybridized carbons (Fsp3) is 0.467. The van der Waals surface area contributed by atoms with Gasteiger partial charge in [0.15, 0.2) is 0 Å². The summed E-state index contributed by atoms with van der Waals surface area (Å²) in [7, 11) is 0. The summed E-state index contributed by atoms with van der Waals surface area (Å²) in [5.74, 6) is -0.599. The number of carbonyl (C=O) groups excluding carboxylic acids is 1. The van der Waals surface area contributed by atoms with Gasteiger partial charge in [0.1, 0.15) is 6.26 Å². The van der Waals surface area contributed by atoms with Crippen molar-refractivity contribution >= 4 is 11.9 Å². The van der Waals surface area contributed by atoms with Crippen LogP contribution in [0, 0.1) is 5.92 Å². The predicted molar refractivity (Wildman–Crippen MR) is 77.3 cm³/mol. The maximum Gasteiger partial charge on any atom is 0.308 e. The standard InChI is InChI=1S/C15H17N3O5/c19-13(18-6-1-2-10(8-18)15(20)21)4-3-12-16-14(17-23-12)11-5-7-22-9-11/h5,7,9-10H,1-4,6,8H2,(H,20,21)/t10-/m0/s1. The largest absolute Gasteiger partial charge is 0.481 e. The Balaban J connectivity index is 1.54. The van der Waals surface area contributed by atoms with Gasteiger partial charge in [0.25, 0.3) is 0 Å². The summed E-state index contributed by atoms with van der Waals surface area (Å²) in [6.07, 6.45) is 4.92. The Morgan fingerprint density at radius 1 is 1.43 bits per heavy atom. The van der Waals surface area contributed by atoms with Crippen LogP contribution in [0.1, 0.15) is 25.2 Å². The van der Waals surface area contributed by atoms with Crippen LogP contribution in [0.25, 0.3) is 11.4 Å². The molecule has 1 atom stereocenters. The molecule has 3 heterocycles. The highest BCUT2D eigenvalue weighted by Crippen LogP contribution is 2.19. The van der Waals surface area contributed by atoms with Gasteiger partial charge in [-0.25, -0.2) is 0 Å². The monoisotopic (exact) mass is 319 g/mol. The van der Waals surface area contributed by atoms with E-state index in [0.29, 0.717) is 43.1 Å². The Hall–Kier alpha value is -2.64. The number of likely N-dealkylation sites (tertiary alicyclic amines) is 1. The molecule has 1 aliphatic rings. The van der Waals surface area contributed by atoms with Crippen LogP contribution in [0.5, 0.6) is 0 Å². The highest BCUT2D eigenvalue weighted by molar-refractivity contribution is 5.78. The van der Waals surface area contributed by atoms with E-state index in [1.807, 2.05) is 0 Å². The van der Waals surface area contributed by atoms with Crippen molar-refractivity contribution in [1.82, 2.24) is 15.0 Å². The average Bonchev–Trinajstić information content (AvgIpc) is 3.23. The van der Waals surface area contributed by atoms with Gasteiger partial charge in [0, 0.05) is 25.9 Å². The number of carboxylic acids is 1. The van der Waals surface area contributed by atoms with Crippen LogP contribution in [0.4, 0.5) is 0 Å². The third kappa shape index (κ3) is 3.58. The minimum Gasteiger partial charge on any atom is -0.481 e. The third-order valence-electron chi connectivity index (χ3n) is 3.92. The van der Waals surface area contributed by atoms with Gasteiger partial charge < -0.3 is 18.9 Å². The van der Waals surface area contributed by atoms with E-state index in [0.717, 1.165) is 0 Å². The molecule has 2 aromatic rings.